The van der Waals surface area contributed by atoms with E-state index >= 15 is 0 Å². The van der Waals surface area contributed by atoms with E-state index in [-0.39, 0.29) is 18.3 Å². The number of imidazole rings is 1. The zero-order valence-electron chi connectivity index (χ0n) is 21.2. The maximum Gasteiger partial charge on any atom is 0.573 e. The molecule has 38 heavy (non-hydrogen) atoms. The minimum Gasteiger partial charge on any atom is -0.494 e. The number of nitrogens with zero attached hydrogens (tertiary/aromatic N) is 3. The van der Waals surface area contributed by atoms with Crippen molar-refractivity contribution in [1.82, 2.24) is 14.5 Å². The summed E-state index contributed by atoms with van der Waals surface area (Å²) in [5.41, 5.74) is 4.55. The monoisotopic (exact) mass is 546 g/mol. The number of alkyl halides is 3. The molecule has 2 heterocycles. The number of ether oxygens (including phenoxy) is 2. The molecule has 2 aromatic carbocycles. The van der Waals surface area contributed by atoms with Crippen molar-refractivity contribution in [1.29, 1.82) is 0 Å². The first-order valence-corrected chi connectivity index (χ1v) is 12.9. The largest absolute Gasteiger partial charge is 0.573 e. The quantitative estimate of drug-likeness (QED) is 0.278. The molecule has 4 aromatic rings. The standard InChI is InChI=1S/C25H23F3N4O2S.C2H6O/c1-15-13-32(14-29-15)20-11-8-17(12-21(20)33-2)30-24-31-23-19(4-3-5-22(23)35-24)16-6-9-18(10-7-16)34-25(26,27)28;1-2-3/h6-14,19H,3-5H2,1-2H3,(H,30,31);3H,2H2,1H3. The molecular formula is C27H29F3N4O3S. The number of nitrogens with one attached hydrogen (secondary N) is 1. The van der Waals surface area contributed by atoms with Gasteiger partial charge in [-0.15, -0.1) is 24.5 Å². The molecule has 1 aliphatic rings. The Morgan fingerprint density at radius 2 is 1.92 bits per heavy atom. The van der Waals surface area contributed by atoms with Gasteiger partial charge in [-0.3, -0.25) is 0 Å². The number of halogens is 3. The Balaban J connectivity index is 0.00000107. The SMILES string of the molecule is CCO.COc1cc(Nc2nc3c(s2)CCCC3c2ccc(OC(F)(F)F)cc2)ccc1-n1cnc(C)c1. The Labute approximate surface area is 222 Å². The molecule has 5 rings (SSSR count). The third-order valence-corrected chi connectivity index (χ3v) is 6.94. The molecule has 7 nitrogen and oxygen atoms in total. The lowest BCUT2D eigenvalue weighted by atomic mass is 9.85. The number of hydrogen-bond acceptors (Lipinski definition) is 7. The van der Waals surface area contributed by atoms with Gasteiger partial charge in [0.2, 0.25) is 0 Å². The normalized spacial score (nSPS) is 14.8. The van der Waals surface area contributed by atoms with Crippen molar-refractivity contribution in [3.8, 4) is 17.2 Å². The summed E-state index contributed by atoms with van der Waals surface area (Å²) in [5.74, 6) is 0.515. The lowest BCUT2D eigenvalue weighted by Gasteiger charge is -2.21. The number of benzene rings is 2. The number of aryl methyl sites for hydroxylation is 2. The highest BCUT2D eigenvalue weighted by molar-refractivity contribution is 7.15. The van der Waals surface area contributed by atoms with Crippen LogP contribution in [-0.2, 0) is 6.42 Å². The number of aliphatic hydroxyl groups is 1. The molecule has 1 atom stereocenters. The van der Waals surface area contributed by atoms with Crippen LogP contribution in [0.3, 0.4) is 0 Å². The minimum absolute atomic E-state index is 0.0341. The number of thiazole rings is 1. The molecule has 0 bridgehead atoms. The number of aromatic nitrogens is 3. The fraction of sp³-hybridized carbons (Fsp3) is 0.333. The van der Waals surface area contributed by atoms with Gasteiger partial charge >= 0.3 is 6.36 Å². The maximum absolute atomic E-state index is 12.5. The number of aliphatic hydroxyl groups excluding tert-OH is 1. The van der Waals surface area contributed by atoms with Gasteiger partial charge in [0.05, 0.1) is 30.5 Å². The van der Waals surface area contributed by atoms with Gasteiger partial charge < -0.3 is 24.5 Å². The van der Waals surface area contributed by atoms with Gasteiger partial charge in [-0.1, -0.05) is 12.1 Å². The van der Waals surface area contributed by atoms with Crippen LogP contribution in [0.15, 0.2) is 55.0 Å². The van der Waals surface area contributed by atoms with E-state index in [0.29, 0.717) is 5.75 Å². The van der Waals surface area contributed by atoms with Crippen LogP contribution in [0.1, 0.15) is 47.5 Å². The summed E-state index contributed by atoms with van der Waals surface area (Å²) in [6.45, 7) is 3.86. The predicted molar refractivity (Wildman–Crippen MR) is 141 cm³/mol. The maximum atomic E-state index is 12.5. The summed E-state index contributed by atoms with van der Waals surface area (Å²) in [6.07, 6.45) is 1.80. The summed E-state index contributed by atoms with van der Waals surface area (Å²) in [7, 11) is 1.63. The number of rotatable bonds is 6. The van der Waals surface area contributed by atoms with Gasteiger partial charge in [-0.25, -0.2) is 9.97 Å². The van der Waals surface area contributed by atoms with Gasteiger partial charge in [0.1, 0.15) is 11.5 Å². The van der Waals surface area contributed by atoms with Crippen LogP contribution < -0.4 is 14.8 Å². The highest BCUT2D eigenvalue weighted by Gasteiger charge is 2.31. The van der Waals surface area contributed by atoms with Crippen LogP contribution in [0.2, 0.25) is 0 Å². The molecule has 0 fully saturated rings. The second-order valence-corrected chi connectivity index (χ2v) is 9.72. The van der Waals surface area contributed by atoms with Crippen molar-refractivity contribution in [2.24, 2.45) is 0 Å². The molecule has 0 saturated heterocycles. The second-order valence-electron chi connectivity index (χ2n) is 8.64. The zero-order chi connectivity index (χ0) is 27.3. The Morgan fingerprint density at radius 1 is 1.18 bits per heavy atom. The Kier molecular flexibility index (Phi) is 8.58. The first-order chi connectivity index (χ1) is 18.2. The predicted octanol–water partition coefficient (Wildman–Crippen LogP) is 6.75. The molecule has 2 aromatic heterocycles. The van der Waals surface area contributed by atoms with Crippen LogP contribution in [0.5, 0.6) is 11.5 Å². The first kappa shape index (κ1) is 27.5. The average molecular weight is 547 g/mol. The molecule has 202 valence electrons. The number of anilines is 2. The summed E-state index contributed by atoms with van der Waals surface area (Å²) in [6, 6.07) is 11.9. The van der Waals surface area contributed by atoms with Crippen molar-refractivity contribution in [2.75, 3.05) is 19.0 Å². The van der Waals surface area contributed by atoms with Gasteiger partial charge in [0, 0.05) is 35.4 Å². The van der Waals surface area contributed by atoms with Crippen LogP contribution in [0.4, 0.5) is 24.0 Å². The molecule has 0 aliphatic heterocycles. The summed E-state index contributed by atoms with van der Waals surface area (Å²) < 4.78 is 49.0. The molecule has 0 radical (unpaired) electrons. The Hall–Kier alpha value is -3.57. The van der Waals surface area contributed by atoms with E-state index in [4.69, 9.17) is 14.8 Å². The Morgan fingerprint density at radius 3 is 2.55 bits per heavy atom. The van der Waals surface area contributed by atoms with E-state index in [1.165, 1.54) is 17.0 Å². The van der Waals surface area contributed by atoms with Gasteiger partial charge in [0.25, 0.3) is 0 Å². The molecular weight excluding hydrogens is 517 g/mol. The lowest BCUT2D eigenvalue weighted by molar-refractivity contribution is -0.274. The van der Waals surface area contributed by atoms with Crippen LogP contribution in [-0.4, -0.2) is 39.7 Å². The van der Waals surface area contributed by atoms with E-state index in [1.807, 2.05) is 35.9 Å². The van der Waals surface area contributed by atoms with E-state index in [9.17, 15) is 13.2 Å². The van der Waals surface area contributed by atoms with Crippen molar-refractivity contribution in [2.45, 2.75) is 45.4 Å². The third kappa shape index (κ3) is 6.65. The smallest absolute Gasteiger partial charge is 0.494 e. The number of fused-ring (bicyclic) bond motifs is 1. The Bertz CT molecular complexity index is 1350. The first-order valence-electron chi connectivity index (χ1n) is 12.1. The molecule has 0 amide bonds. The molecule has 1 aliphatic carbocycles. The summed E-state index contributed by atoms with van der Waals surface area (Å²) in [4.78, 5) is 10.3. The molecule has 2 N–H and O–H groups in total. The average Bonchev–Trinajstić information content (AvgIpc) is 3.49. The van der Waals surface area contributed by atoms with Crippen molar-refractivity contribution >= 4 is 22.2 Å². The van der Waals surface area contributed by atoms with E-state index in [2.05, 4.69) is 15.0 Å². The lowest BCUT2D eigenvalue weighted by Crippen LogP contribution is -2.17. The number of hydrogen-bond donors (Lipinski definition) is 2. The number of methoxy groups -OCH3 is 1. The highest BCUT2D eigenvalue weighted by Crippen LogP contribution is 2.41. The molecule has 11 heteroatoms. The van der Waals surface area contributed by atoms with Crippen LogP contribution >= 0.6 is 11.3 Å². The van der Waals surface area contributed by atoms with Crippen molar-refractivity contribution < 1.29 is 27.8 Å². The second kappa shape index (κ2) is 11.9. The van der Waals surface area contributed by atoms with Crippen molar-refractivity contribution in [3.05, 3.63) is 76.8 Å². The zero-order valence-corrected chi connectivity index (χ0v) is 22.1. The van der Waals surface area contributed by atoms with Gasteiger partial charge in [-0.05, 0) is 62.9 Å². The molecule has 0 saturated carbocycles. The van der Waals surface area contributed by atoms with E-state index in [0.717, 1.165) is 52.7 Å². The summed E-state index contributed by atoms with van der Waals surface area (Å²) in [5, 5.41) is 11.7. The third-order valence-electron chi connectivity index (χ3n) is 5.89. The van der Waals surface area contributed by atoms with Gasteiger partial charge in [-0.2, -0.15) is 0 Å². The molecule has 0 spiro atoms. The van der Waals surface area contributed by atoms with Gasteiger partial charge in [0.15, 0.2) is 5.13 Å². The molecule has 1 unspecified atom stereocenters. The topological polar surface area (TPSA) is 81.4 Å². The fourth-order valence-corrected chi connectivity index (χ4v) is 5.43. The fourth-order valence-electron chi connectivity index (χ4n) is 4.34. The van der Waals surface area contributed by atoms with Crippen LogP contribution in [0, 0.1) is 6.92 Å². The van der Waals surface area contributed by atoms with E-state index in [1.54, 1.807) is 43.8 Å². The van der Waals surface area contributed by atoms with E-state index < -0.39 is 6.36 Å². The summed E-state index contributed by atoms with van der Waals surface area (Å²) >= 11 is 1.61. The van der Waals surface area contributed by atoms with Crippen LogP contribution in [0.25, 0.3) is 5.69 Å². The van der Waals surface area contributed by atoms with Crippen molar-refractivity contribution in [3.63, 3.8) is 0 Å². The minimum atomic E-state index is -4.70. The highest BCUT2D eigenvalue weighted by atomic mass is 32.1.